The predicted molar refractivity (Wildman–Crippen MR) is 70.2 cm³/mol. The lowest BCUT2D eigenvalue weighted by Crippen LogP contribution is -2.41. The van der Waals surface area contributed by atoms with Gasteiger partial charge >= 0.3 is 5.97 Å². The summed E-state index contributed by atoms with van der Waals surface area (Å²) in [6.45, 7) is 0.453. The molecule has 0 aliphatic carbocycles. The third-order valence-corrected chi connectivity index (χ3v) is 3.84. The minimum absolute atomic E-state index is 0.0218. The van der Waals surface area contributed by atoms with Crippen molar-refractivity contribution in [3.8, 4) is 0 Å². The number of nitrogens with zero attached hydrogens (tertiary/aromatic N) is 1. The molecule has 1 amide bonds. The number of carboxylic acids is 1. The van der Waals surface area contributed by atoms with E-state index in [4.69, 9.17) is 5.11 Å². The van der Waals surface area contributed by atoms with Crippen molar-refractivity contribution < 1.29 is 19.1 Å². The first-order chi connectivity index (χ1) is 8.99. The number of carbonyl (C=O) groups excluding carboxylic acids is 1. The Kier molecular flexibility index (Phi) is 4.19. The van der Waals surface area contributed by atoms with Crippen molar-refractivity contribution >= 4 is 27.8 Å². The molecule has 4 nitrogen and oxygen atoms in total. The van der Waals surface area contributed by atoms with Crippen LogP contribution in [0.5, 0.6) is 0 Å². The van der Waals surface area contributed by atoms with Gasteiger partial charge in [0.05, 0.1) is 10.9 Å². The summed E-state index contributed by atoms with van der Waals surface area (Å²) in [4.78, 5) is 24.4. The maximum Gasteiger partial charge on any atom is 0.326 e. The van der Waals surface area contributed by atoms with Crippen molar-refractivity contribution in [3.05, 3.63) is 34.1 Å². The van der Waals surface area contributed by atoms with Crippen LogP contribution in [-0.4, -0.2) is 34.5 Å². The van der Waals surface area contributed by atoms with Gasteiger partial charge in [-0.3, -0.25) is 4.79 Å². The van der Waals surface area contributed by atoms with E-state index < -0.39 is 17.8 Å². The summed E-state index contributed by atoms with van der Waals surface area (Å²) in [5.74, 6) is -1.68. The SMILES string of the molecule is O=C(O)C1CCCN1C(=O)Cc1ccc(Br)c(F)c1. The lowest BCUT2D eigenvalue weighted by Gasteiger charge is -2.21. The number of rotatable bonds is 3. The Balaban J connectivity index is 2.08. The smallest absolute Gasteiger partial charge is 0.326 e. The number of benzene rings is 1. The zero-order chi connectivity index (χ0) is 14.0. The number of amides is 1. The average molecular weight is 330 g/mol. The van der Waals surface area contributed by atoms with Gasteiger partial charge in [0, 0.05) is 6.54 Å². The van der Waals surface area contributed by atoms with Gasteiger partial charge in [-0.1, -0.05) is 6.07 Å². The summed E-state index contributed by atoms with van der Waals surface area (Å²) in [6, 6.07) is 3.73. The molecule has 1 fully saturated rings. The summed E-state index contributed by atoms with van der Waals surface area (Å²) in [5, 5.41) is 9.02. The highest BCUT2D eigenvalue weighted by Gasteiger charge is 2.33. The molecule has 6 heteroatoms. The largest absolute Gasteiger partial charge is 0.480 e. The first kappa shape index (κ1) is 14.0. The molecule has 1 aromatic rings. The van der Waals surface area contributed by atoms with Crippen LogP contribution in [-0.2, 0) is 16.0 Å². The van der Waals surface area contributed by atoms with Crippen molar-refractivity contribution in [3.63, 3.8) is 0 Å². The maximum atomic E-state index is 13.3. The van der Waals surface area contributed by atoms with E-state index >= 15 is 0 Å². The minimum atomic E-state index is -0.979. The topological polar surface area (TPSA) is 57.6 Å². The number of halogens is 2. The number of hydrogen-bond donors (Lipinski definition) is 1. The molecule has 0 aromatic heterocycles. The van der Waals surface area contributed by atoms with Crippen LogP contribution in [0.25, 0.3) is 0 Å². The molecule has 0 bridgehead atoms. The van der Waals surface area contributed by atoms with E-state index in [1.807, 2.05) is 0 Å². The van der Waals surface area contributed by atoms with Gasteiger partial charge in [0.15, 0.2) is 0 Å². The summed E-state index contributed by atoms with van der Waals surface area (Å²) in [5.41, 5.74) is 0.543. The van der Waals surface area contributed by atoms with Crippen molar-refractivity contribution in [1.82, 2.24) is 4.90 Å². The first-order valence-corrected chi connectivity index (χ1v) is 6.74. The van der Waals surface area contributed by atoms with E-state index in [0.29, 0.717) is 29.4 Å². The second kappa shape index (κ2) is 5.69. The van der Waals surface area contributed by atoms with Crippen molar-refractivity contribution in [1.29, 1.82) is 0 Å². The second-order valence-electron chi connectivity index (χ2n) is 4.51. The Morgan fingerprint density at radius 2 is 2.21 bits per heavy atom. The van der Waals surface area contributed by atoms with E-state index in [2.05, 4.69) is 15.9 Å². The van der Waals surface area contributed by atoms with Crippen molar-refractivity contribution in [2.75, 3.05) is 6.54 Å². The molecule has 0 spiro atoms. The molecule has 1 N–H and O–H groups in total. The molecule has 2 rings (SSSR count). The third-order valence-electron chi connectivity index (χ3n) is 3.20. The van der Waals surface area contributed by atoms with Crippen LogP contribution in [0, 0.1) is 5.82 Å². The first-order valence-electron chi connectivity index (χ1n) is 5.95. The second-order valence-corrected chi connectivity index (χ2v) is 5.36. The summed E-state index contributed by atoms with van der Waals surface area (Å²) in [6.07, 6.45) is 1.20. The zero-order valence-electron chi connectivity index (χ0n) is 10.1. The zero-order valence-corrected chi connectivity index (χ0v) is 11.7. The number of aliphatic carboxylic acids is 1. The molecule has 102 valence electrons. The fourth-order valence-corrected chi connectivity index (χ4v) is 2.49. The van der Waals surface area contributed by atoms with Gasteiger partial charge in [-0.2, -0.15) is 0 Å². The summed E-state index contributed by atoms with van der Waals surface area (Å²) >= 11 is 3.04. The summed E-state index contributed by atoms with van der Waals surface area (Å²) in [7, 11) is 0. The van der Waals surface area contributed by atoms with E-state index in [9.17, 15) is 14.0 Å². The predicted octanol–water partition coefficient (Wildman–Crippen LogP) is 2.21. The van der Waals surface area contributed by atoms with Crippen LogP contribution in [0.15, 0.2) is 22.7 Å². The van der Waals surface area contributed by atoms with Crippen molar-refractivity contribution in [2.24, 2.45) is 0 Å². The highest BCUT2D eigenvalue weighted by molar-refractivity contribution is 9.10. The average Bonchev–Trinajstić information content (AvgIpc) is 2.83. The van der Waals surface area contributed by atoms with Crippen LogP contribution in [0.1, 0.15) is 18.4 Å². The number of likely N-dealkylation sites (tertiary alicyclic amines) is 1. The van der Waals surface area contributed by atoms with Crippen molar-refractivity contribution in [2.45, 2.75) is 25.3 Å². The van der Waals surface area contributed by atoms with Crippen LogP contribution in [0.3, 0.4) is 0 Å². The number of carbonyl (C=O) groups is 2. The van der Waals surface area contributed by atoms with E-state index in [0.717, 1.165) is 0 Å². The lowest BCUT2D eigenvalue weighted by atomic mass is 10.1. The van der Waals surface area contributed by atoms with E-state index in [1.165, 1.54) is 17.0 Å². The van der Waals surface area contributed by atoms with Gasteiger partial charge in [-0.15, -0.1) is 0 Å². The van der Waals surface area contributed by atoms with Crippen LogP contribution >= 0.6 is 15.9 Å². The molecule has 1 atom stereocenters. The molecule has 0 saturated carbocycles. The van der Waals surface area contributed by atoms with Gasteiger partial charge in [-0.25, -0.2) is 9.18 Å². The van der Waals surface area contributed by atoms with E-state index in [-0.39, 0.29) is 12.3 Å². The monoisotopic (exact) mass is 329 g/mol. The molecule has 1 aliphatic rings. The number of carboxylic acid groups (broad SMARTS) is 1. The van der Waals surface area contributed by atoms with Gasteiger partial charge in [0.25, 0.3) is 0 Å². The van der Waals surface area contributed by atoms with E-state index in [1.54, 1.807) is 6.07 Å². The normalized spacial score (nSPS) is 18.6. The highest BCUT2D eigenvalue weighted by atomic mass is 79.9. The Morgan fingerprint density at radius 1 is 1.47 bits per heavy atom. The van der Waals surface area contributed by atoms with Gasteiger partial charge < -0.3 is 10.0 Å². The summed E-state index contributed by atoms with van der Waals surface area (Å²) < 4.78 is 13.7. The Bertz CT molecular complexity index is 521. The third kappa shape index (κ3) is 3.12. The quantitative estimate of drug-likeness (QED) is 0.924. The van der Waals surface area contributed by atoms with Crippen LogP contribution in [0.2, 0.25) is 0 Å². The molecule has 1 unspecified atom stereocenters. The fourth-order valence-electron chi connectivity index (χ4n) is 2.25. The molecule has 1 saturated heterocycles. The molecule has 19 heavy (non-hydrogen) atoms. The van der Waals surface area contributed by atoms with Crippen LogP contribution in [0.4, 0.5) is 4.39 Å². The maximum absolute atomic E-state index is 13.3. The molecule has 1 aliphatic heterocycles. The highest BCUT2D eigenvalue weighted by Crippen LogP contribution is 2.20. The Morgan fingerprint density at radius 3 is 2.84 bits per heavy atom. The molecule has 1 heterocycles. The Hall–Kier alpha value is -1.43. The van der Waals surface area contributed by atoms with Crippen LogP contribution < -0.4 is 0 Å². The van der Waals surface area contributed by atoms with Gasteiger partial charge in [0.1, 0.15) is 11.9 Å². The molecule has 0 radical (unpaired) electrons. The fraction of sp³-hybridized carbons (Fsp3) is 0.385. The molecular formula is C13H13BrFNO3. The number of hydrogen-bond acceptors (Lipinski definition) is 2. The van der Waals surface area contributed by atoms with Gasteiger partial charge in [-0.05, 0) is 46.5 Å². The van der Waals surface area contributed by atoms with Gasteiger partial charge in [0.2, 0.25) is 5.91 Å². The molecular weight excluding hydrogens is 317 g/mol. The molecule has 1 aromatic carbocycles. The standard InChI is InChI=1S/C13H13BrFNO3/c14-9-4-3-8(6-10(9)15)7-12(17)16-5-1-2-11(16)13(18)19/h3-4,6,11H,1-2,5,7H2,(H,18,19). The Labute approximate surface area is 118 Å². The lowest BCUT2D eigenvalue weighted by molar-refractivity contribution is -0.148. The minimum Gasteiger partial charge on any atom is -0.480 e.